The average Bonchev–Trinajstić information content (AvgIpc) is 2.89. The molecule has 1 aromatic rings. The van der Waals surface area contributed by atoms with Crippen molar-refractivity contribution in [3.8, 4) is 0 Å². The Hall–Kier alpha value is -1.27. The Bertz CT molecular complexity index is 355. The SMILES string of the molecule is CC(C)(C(=O)Cn1cncn1)C1OCCO1. The van der Waals surface area contributed by atoms with Gasteiger partial charge in [-0.3, -0.25) is 4.79 Å². The Morgan fingerprint density at radius 1 is 1.50 bits per heavy atom. The molecule has 1 fully saturated rings. The fraction of sp³-hybridized carbons (Fsp3) is 0.700. The number of ketones is 1. The second-order valence-electron chi connectivity index (χ2n) is 4.31. The van der Waals surface area contributed by atoms with E-state index in [1.54, 1.807) is 0 Å². The van der Waals surface area contributed by atoms with Gasteiger partial charge in [0.1, 0.15) is 19.2 Å². The van der Waals surface area contributed by atoms with Crippen LogP contribution in [0.1, 0.15) is 13.8 Å². The fourth-order valence-electron chi connectivity index (χ4n) is 1.57. The number of nitrogens with zero attached hydrogens (tertiary/aromatic N) is 3. The van der Waals surface area contributed by atoms with Gasteiger partial charge in [-0.25, -0.2) is 9.67 Å². The molecule has 2 rings (SSSR count). The minimum Gasteiger partial charge on any atom is -0.349 e. The predicted octanol–water partition coefficient (Wildman–Crippen LogP) is 0.246. The molecular formula is C10H15N3O3. The summed E-state index contributed by atoms with van der Waals surface area (Å²) in [6.07, 6.45) is 2.47. The first kappa shape index (κ1) is 11.2. The monoisotopic (exact) mass is 225 g/mol. The van der Waals surface area contributed by atoms with Gasteiger partial charge in [0.05, 0.1) is 18.6 Å². The highest BCUT2D eigenvalue weighted by Gasteiger charge is 2.40. The number of aromatic nitrogens is 3. The second kappa shape index (κ2) is 4.31. The minimum atomic E-state index is -0.664. The van der Waals surface area contributed by atoms with E-state index in [1.165, 1.54) is 17.3 Å². The lowest BCUT2D eigenvalue weighted by atomic mass is 9.87. The molecule has 0 spiro atoms. The van der Waals surface area contributed by atoms with Crippen molar-refractivity contribution in [3.63, 3.8) is 0 Å². The van der Waals surface area contributed by atoms with Crippen molar-refractivity contribution in [2.45, 2.75) is 26.7 Å². The summed E-state index contributed by atoms with van der Waals surface area (Å²) in [7, 11) is 0. The molecule has 2 heterocycles. The maximum atomic E-state index is 12.1. The summed E-state index contributed by atoms with van der Waals surface area (Å²) < 4.78 is 12.2. The third-order valence-electron chi connectivity index (χ3n) is 2.70. The highest BCUT2D eigenvalue weighted by Crippen LogP contribution is 2.28. The topological polar surface area (TPSA) is 66.2 Å². The Morgan fingerprint density at radius 3 is 2.75 bits per heavy atom. The quantitative estimate of drug-likeness (QED) is 0.734. The highest BCUT2D eigenvalue weighted by molar-refractivity contribution is 5.84. The summed E-state index contributed by atoms with van der Waals surface area (Å²) >= 11 is 0. The van der Waals surface area contributed by atoms with Crippen LogP contribution in [0, 0.1) is 5.41 Å². The molecule has 0 radical (unpaired) electrons. The average molecular weight is 225 g/mol. The third-order valence-corrected chi connectivity index (χ3v) is 2.70. The van der Waals surface area contributed by atoms with Crippen LogP contribution < -0.4 is 0 Å². The van der Waals surface area contributed by atoms with E-state index in [9.17, 15) is 4.79 Å². The van der Waals surface area contributed by atoms with Crippen LogP contribution in [0.15, 0.2) is 12.7 Å². The summed E-state index contributed by atoms with van der Waals surface area (Å²) in [5.74, 6) is 0.0184. The molecule has 1 aliphatic heterocycles. The van der Waals surface area contributed by atoms with E-state index in [2.05, 4.69) is 10.1 Å². The molecule has 0 bridgehead atoms. The van der Waals surface area contributed by atoms with Crippen LogP contribution >= 0.6 is 0 Å². The van der Waals surface area contributed by atoms with E-state index in [1.807, 2.05) is 13.8 Å². The molecule has 1 aromatic heterocycles. The molecule has 0 aromatic carbocycles. The lowest BCUT2D eigenvalue weighted by Crippen LogP contribution is -2.40. The molecule has 0 saturated carbocycles. The fourth-order valence-corrected chi connectivity index (χ4v) is 1.57. The summed E-state index contributed by atoms with van der Waals surface area (Å²) in [6.45, 7) is 4.93. The number of carbonyl (C=O) groups excluding carboxylic acids is 1. The van der Waals surface area contributed by atoms with Gasteiger partial charge >= 0.3 is 0 Å². The predicted molar refractivity (Wildman–Crippen MR) is 54.5 cm³/mol. The largest absolute Gasteiger partial charge is 0.349 e. The number of ether oxygens (including phenoxy) is 2. The van der Waals surface area contributed by atoms with Crippen LogP contribution in [-0.2, 0) is 20.8 Å². The number of hydrogen-bond acceptors (Lipinski definition) is 5. The van der Waals surface area contributed by atoms with Crippen molar-refractivity contribution in [3.05, 3.63) is 12.7 Å². The summed E-state index contributed by atoms with van der Waals surface area (Å²) in [4.78, 5) is 15.9. The zero-order chi connectivity index (χ0) is 11.6. The molecule has 1 aliphatic rings. The van der Waals surface area contributed by atoms with Crippen molar-refractivity contribution in [1.29, 1.82) is 0 Å². The molecule has 88 valence electrons. The first-order valence-corrected chi connectivity index (χ1v) is 5.19. The van der Waals surface area contributed by atoms with Crippen LogP contribution in [0.4, 0.5) is 0 Å². The molecule has 0 atom stereocenters. The first-order chi connectivity index (χ1) is 7.60. The Morgan fingerprint density at radius 2 is 2.19 bits per heavy atom. The second-order valence-corrected chi connectivity index (χ2v) is 4.31. The molecule has 0 unspecified atom stereocenters. The van der Waals surface area contributed by atoms with Crippen molar-refractivity contribution in [2.75, 3.05) is 13.2 Å². The van der Waals surface area contributed by atoms with Gasteiger partial charge in [-0.05, 0) is 13.8 Å². The lowest BCUT2D eigenvalue weighted by molar-refractivity contribution is -0.155. The van der Waals surface area contributed by atoms with E-state index >= 15 is 0 Å². The summed E-state index contributed by atoms with van der Waals surface area (Å²) in [5.41, 5.74) is -0.664. The van der Waals surface area contributed by atoms with Gasteiger partial charge in [-0.2, -0.15) is 5.10 Å². The van der Waals surface area contributed by atoms with Gasteiger partial charge in [0.25, 0.3) is 0 Å². The van der Waals surface area contributed by atoms with Crippen LogP contribution in [0.3, 0.4) is 0 Å². The van der Waals surface area contributed by atoms with Crippen molar-refractivity contribution < 1.29 is 14.3 Å². The molecule has 0 N–H and O–H groups in total. The normalized spacial score (nSPS) is 17.9. The zero-order valence-electron chi connectivity index (χ0n) is 9.42. The van der Waals surface area contributed by atoms with Crippen LogP contribution in [0.2, 0.25) is 0 Å². The molecular weight excluding hydrogens is 210 g/mol. The minimum absolute atomic E-state index is 0.0184. The molecule has 6 nitrogen and oxygen atoms in total. The maximum Gasteiger partial charge on any atom is 0.169 e. The molecule has 0 aliphatic carbocycles. The highest BCUT2D eigenvalue weighted by atomic mass is 16.7. The maximum absolute atomic E-state index is 12.1. The van der Waals surface area contributed by atoms with E-state index < -0.39 is 11.7 Å². The number of hydrogen-bond donors (Lipinski definition) is 0. The van der Waals surface area contributed by atoms with E-state index in [-0.39, 0.29) is 12.3 Å². The van der Waals surface area contributed by atoms with Gasteiger partial charge in [0.2, 0.25) is 0 Å². The van der Waals surface area contributed by atoms with Gasteiger partial charge in [0.15, 0.2) is 12.1 Å². The number of Topliss-reactive ketones (excluding diaryl/α,β-unsaturated/α-hetero) is 1. The Labute approximate surface area is 93.6 Å². The van der Waals surface area contributed by atoms with Gasteiger partial charge in [0, 0.05) is 0 Å². The number of rotatable bonds is 4. The van der Waals surface area contributed by atoms with E-state index in [0.717, 1.165) is 0 Å². The van der Waals surface area contributed by atoms with Gasteiger partial charge in [-0.15, -0.1) is 0 Å². The third kappa shape index (κ3) is 2.12. The molecule has 6 heteroatoms. The first-order valence-electron chi connectivity index (χ1n) is 5.19. The summed E-state index contributed by atoms with van der Waals surface area (Å²) in [6, 6.07) is 0. The van der Waals surface area contributed by atoms with Crippen LogP contribution in [0.25, 0.3) is 0 Å². The zero-order valence-corrected chi connectivity index (χ0v) is 9.42. The van der Waals surface area contributed by atoms with Crippen molar-refractivity contribution >= 4 is 5.78 Å². The number of carbonyl (C=O) groups is 1. The molecule has 0 amide bonds. The summed E-state index contributed by atoms with van der Waals surface area (Å²) in [5, 5.41) is 3.90. The Balaban J connectivity index is 2.02. The molecule has 16 heavy (non-hydrogen) atoms. The van der Waals surface area contributed by atoms with Gasteiger partial charge < -0.3 is 9.47 Å². The van der Waals surface area contributed by atoms with Crippen LogP contribution in [-0.4, -0.2) is 40.1 Å². The van der Waals surface area contributed by atoms with E-state index in [4.69, 9.17) is 9.47 Å². The lowest BCUT2D eigenvalue weighted by Gasteiger charge is -2.27. The molecule has 1 saturated heterocycles. The van der Waals surface area contributed by atoms with E-state index in [0.29, 0.717) is 13.2 Å². The van der Waals surface area contributed by atoms with Crippen molar-refractivity contribution in [2.24, 2.45) is 5.41 Å². The van der Waals surface area contributed by atoms with Crippen molar-refractivity contribution in [1.82, 2.24) is 14.8 Å². The van der Waals surface area contributed by atoms with Gasteiger partial charge in [-0.1, -0.05) is 0 Å². The Kier molecular flexibility index (Phi) is 3.02. The standard InChI is InChI=1S/C10H15N3O3/c1-10(2,9-15-3-4-16-9)8(14)5-13-7-11-6-12-13/h6-7,9H,3-5H2,1-2H3. The smallest absolute Gasteiger partial charge is 0.169 e. The van der Waals surface area contributed by atoms with Crippen LogP contribution in [0.5, 0.6) is 0 Å².